The van der Waals surface area contributed by atoms with Gasteiger partial charge in [-0.05, 0) is 40.8 Å². The van der Waals surface area contributed by atoms with Crippen LogP contribution in [0.2, 0.25) is 25.2 Å². The van der Waals surface area contributed by atoms with Crippen LogP contribution < -0.4 is 0 Å². The number of rotatable bonds is 1. The molecule has 0 amide bonds. The van der Waals surface area contributed by atoms with Crippen molar-refractivity contribution in [3.8, 4) is 0 Å². The smallest absolute Gasteiger partial charge is 0.156 e. The zero-order valence-electron chi connectivity index (χ0n) is 13.6. The minimum atomic E-state index is -1.52. The summed E-state index contributed by atoms with van der Waals surface area (Å²) in [6.45, 7) is 7.06. The molecule has 0 saturated carbocycles. The summed E-state index contributed by atoms with van der Waals surface area (Å²) in [7, 11) is -1.52. The molecule has 1 aromatic heterocycles. The maximum absolute atomic E-state index is 12.1. The zero-order valence-corrected chi connectivity index (χ0v) is 15.4. The molecule has 4 heteroatoms. The predicted molar refractivity (Wildman–Crippen MR) is 98.5 cm³/mol. The van der Waals surface area contributed by atoms with Gasteiger partial charge >= 0.3 is 0 Å². The summed E-state index contributed by atoms with van der Waals surface area (Å²) in [5, 5.41) is 1.07. The first-order valence-corrected chi connectivity index (χ1v) is 12.2. The summed E-state index contributed by atoms with van der Waals surface area (Å²) in [6.07, 6.45) is 2.42. The van der Waals surface area contributed by atoms with E-state index in [2.05, 4.69) is 31.8 Å². The van der Waals surface area contributed by atoms with E-state index in [0.717, 1.165) is 27.7 Å². The van der Waals surface area contributed by atoms with Crippen LogP contribution in [0, 0.1) is 5.92 Å². The number of carbonyl (C=O) groups is 1. The van der Waals surface area contributed by atoms with Crippen LogP contribution in [0.3, 0.4) is 0 Å². The molecule has 3 unspecified atom stereocenters. The van der Waals surface area contributed by atoms with Gasteiger partial charge in [-0.1, -0.05) is 37.8 Å². The van der Waals surface area contributed by atoms with E-state index in [1.165, 1.54) is 0 Å². The van der Waals surface area contributed by atoms with Crippen molar-refractivity contribution in [3.05, 3.63) is 47.7 Å². The van der Waals surface area contributed by atoms with Crippen LogP contribution in [0.4, 0.5) is 0 Å². The third-order valence-electron chi connectivity index (χ3n) is 5.21. The van der Waals surface area contributed by atoms with Crippen molar-refractivity contribution in [1.29, 1.82) is 0 Å². The fourth-order valence-electron chi connectivity index (χ4n) is 4.24. The Labute approximate surface area is 142 Å². The predicted octanol–water partition coefficient (Wildman–Crippen LogP) is 5.21. The number of aromatic nitrogens is 1. The lowest BCUT2D eigenvalue weighted by molar-refractivity contribution is -0.114. The van der Waals surface area contributed by atoms with Crippen molar-refractivity contribution in [3.63, 3.8) is 0 Å². The second-order valence-corrected chi connectivity index (χ2v) is 13.7. The number of fused-ring (bicyclic) bond motifs is 4. The fraction of sp³-hybridized carbons (Fsp3) is 0.368. The molecule has 23 heavy (non-hydrogen) atoms. The van der Waals surface area contributed by atoms with Gasteiger partial charge in [-0.15, -0.1) is 11.6 Å². The summed E-state index contributed by atoms with van der Waals surface area (Å²) >= 11 is 6.97. The normalized spacial score (nSPS) is 26.9. The van der Waals surface area contributed by atoms with E-state index in [4.69, 9.17) is 16.6 Å². The lowest BCUT2D eigenvalue weighted by Gasteiger charge is -2.42. The number of nitrogens with zero attached hydrogens (tertiary/aromatic N) is 1. The number of ketones is 1. The summed E-state index contributed by atoms with van der Waals surface area (Å²) < 4.78 is 0. The summed E-state index contributed by atoms with van der Waals surface area (Å²) in [6, 6.07) is 10.3. The van der Waals surface area contributed by atoms with Crippen molar-refractivity contribution in [2.75, 3.05) is 0 Å². The third kappa shape index (κ3) is 2.29. The van der Waals surface area contributed by atoms with Crippen LogP contribution in [-0.2, 0) is 4.79 Å². The molecule has 118 valence electrons. The highest BCUT2D eigenvalue weighted by molar-refractivity contribution is 6.78. The molecule has 2 aliphatic rings. The SMILES string of the molecule is C[Si](C)(C)C1C2CC(=O)C=C2c2nc3ccccc3cc2C1Cl. The largest absolute Gasteiger partial charge is 0.295 e. The average Bonchev–Trinajstić information content (AvgIpc) is 2.85. The Balaban J connectivity index is 1.99. The molecule has 0 aliphatic heterocycles. The maximum atomic E-state index is 12.1. The molecule has 1 aromatic carbocycles. The molecule has 0 N–H and O–H groups in total. The van der Waals surface area contributed by atoms with Crippen molar-refractivity contribution < 1.29 is 4.79 Å². The Morgan fingerprint density at radius 2 is 1.96 bits per heavy atom. The molecule has 2 aromatic rings. The lowest BCUT2D eigenvalue weighted by atomic mass is 9.82. The maximum Gasteiger partial charge on any atom is 0.156 e. The van der Waals surface area contributed by atoms with Gasteiger partial charge in [0.1, 0.15) is 0 Å². The Morgan fingerprint density at radius 3 is 2.70 bits per heavy atom. The van der Waals surface area contributed by atoms with Gasteiger partial charge in [0.25, 0.3) is 0 Å². The molecule has 4 rings (SSSR count). The van der Waals surface area contributed by atoms with E-state index >= 15 is 0 Å². The van der Waals surface area contributed by atoms with Crippen molar-refractivity contribution in [2.45, 2.75) is 37.0 Å². The molecule has 0 spiro atoms. The first-order chi connectivity index (χ1) is 10.9. The number of hydrogen-bond donors (Lipinski definition) is 0. The van der Waals surface area contributed by atoms with Crippen molar-refractivity contribution in [2.24, 2.45) is 5.92 Å². The molecular formula is C19H20ClNOSi. The number of hydrogen-bond acceptors (Lipinski definition) is 2. The van der Waals surface area contributed by atoms with E-state index in [1.807, 2.05) is 24.3 Å². The molecule has 1 heterocycles. The second-order valence-electron chi connectivity index (χ2n) is 7.79. The van der Waals surface area contributed by atoms with E-state index in [-0.39, 0.29) is 17.1 Å². The zero-order chi connectivity index (χ0) is 16.4. The van der Waals surface area contributed by atoms with Gasteiger partial charge in [0.05, 0.1) is 24.7 Å². The Hall–Kier alpha value is -1.45. The van der Waals surface area contributed by atoms with Crippen LogP contribution in [-0.4, -0.2) is 18.8 Å². The molecule has 0 bridgehead atoms. The minimum absolute atomic E-state index is 0.0539. The second kappa shape index (κ2) is 5.02. The summed E-state index contributed by atoms with van der Waals surface area (Å²) in [5.41, 5.74) is 4.53. The van der Waals surface area contributed by atoms with Crippen molar-refractivity contribution in [1.82, 2.24) is 4.98 Å². The molecule has 2 aliphatic carbocycles. The minimum Gasteiger partial charge on any atom is -0.295 e. The third-order valence-corrected chi connectivity index (χ3v) is 8.66. The topological polar surface area (TPSA) is 30.0 Å². The first kappa shape index (κ1) is 15.1. The summed E-state index contributed by atoms with van der Waals surface area (Å²) in [5.74, 6) is 0.470. The fourth-order valence-corrected chi connectivity index (χ4v) is 8.28. The lowest BCUT2D eigenvalue weighted by Crippen LogP contribution is -2.38. The Bertz CT molecular complexity index is 852. The van der Waals surface area contributed by atoms with E-state index < -0.39 is 8.07 Å². The van der Waals surface area contributed by atoms with Gasteiger partial charge in [0, 0.05) is 11.8 Å². The standard InChI is InChI=1S/C19H20ClNOSi/c1-23(2,3)19-14-10-12(22)9-13(14)18-15(17(19)20)8-11-6-4-5-7-16(11)21-18/h4-9,14,17,19H,10H2,1-3H3. The molecular weight excluding hydrogens is 322 g/mol. The van der Waals surface area contributed by atoms with Crippen LogP contribution in [0.15, 0.2) is 36.4 Å². The average molecular weight is 342 g/mol. The molecule has 0 saturated heterocycles. The number of para-hydroxylation sites is 1. The molecule has 3 atom stereocenters. The molecule has 2 nitrogen and oxygen atoms in total. The molecule has 0 radical (unpaired) electrons. The summed E-state index contributed by atoms with van der Waals surface area (Å²) in [4.78, 5) is 17.0. The number of carbonyl (C=O) groups excluding carboxylic acids is 1. The quantitative estimate of drug-likeness (QED) is 0.526. The Kier molecular flexibility index (Phi) is 3.29. The van der Waals surface area contributed by atoms with Crippen LogP contribution in [0.5, 0.6) is 0 Å². The van der Waals surface area contributed by atoms with Gasteiger partial charge in [-0.25, -0.2) is 4.98 Å². The van der Waals surface area contributed by atoms with Gasteiger partial charge in [0.15, 0.2) is 5.78 Å². The van der Waals surface area contributed by atoms with E-state index in [9.17, 15) is 4.79 Å². The molecule has 0 fully saturated rings. The van der Waals surface area contributed by atoms with Crippen LogP contribution in [0.25, 0.3) is 16.5 Å². The van der Waals surface area contributed by atoms with Crippen LogP contribution in [0.1, 0.15) is 23.1 Å². The number of pyridine rings is 1. The number of benzene rings is 1. The highest BCUT2D eigenvalue weighted by Crippen LogP contribution is 2.57. The van der Waals surface area contributed by atoms with Gasteiger partial charge in [-0.3, -0.25) is 4.79 Å². The van der Waals surface area contributed by atoms with Crippen molar-refractivity contribution >= 4 is 41.9 Å². The van der Waals surface area contributed by atoms with Gasteiger partial charge in [-0.2, -0.15) is 0 Å². The van der Waals surface area contributed by atoms with Crippen LogP contribution >= 0.6 is 11.6 Å². The Morgan fingerprint density at radius 1 is 1.22 bits per heavy atom. The highest BCUT2D eigenvalue weighted by atomic mass is 35.5. The first-order valence-electron chi connectivity index (χ1n) is 8.15. The van der Waals surface area contributed by atoms with Gasteiger partial charge in [0.2, 0.25) is 0 Å². The number of allylic oxidation sites excluding steroid dienone is 2. The monoisotopic (exact) mass is 341 g/mol. The van der Waals surface area contributed by atoms with E-state index in [0.29, 0.717) is 12.0 Å². The number of halogens is 1. The van der Waals surface area contributed by atoms with Gasteiger partial charge < -0.3 is 0 Å². The number of alkyl halides is 1. The highest BCUT2D eigenvalue weighted by Gasteiger charge is 2.48. The van der Waals surface area contributed by atoms with E-state index in [1.54, 1.807) is 0 Å².